The summed E-state index contributed by atoms with van der Waals surface area (Å²) in [5.41, 5.74) is 1.19. The van der Waals surface area contributed by atoms with E-state index in [1.54, 1.807) is 6.07 Å². The molecule has 0 N–H and O–H groups in total. The zero-order valence-corrected chi connectivity index (χ0v) is 11.6. The quantitative estimate of drug-likeness (QED) is 0.843. The van der Waals surface area contributed by atoms with Crippen LogP contribution in [0.3, 0.4) is 0 Å². The van der Waals surface area contributed by atoms with Gasteiger partial charge in [-0.05, 0) is 45.1 Å². The van der Waals surface area contributed by atoms with Gasteiger partial charge in [0.1, 0.15) is 0 Å². The van der Waals surface area contributed by atoms with Gasteiger partial charge in [-0.1, -0.05) is 0 Å². The van der Waals surface area contributed by atoms with Gasteiger partial charge < -0.3 is 14.2 Å². The maximum Gasteiger partial charge on any atom is 0.174 e. The second-order valence-electron chi connectivity index (χ2n) is 5.58. The van der Waals surface area contributed by atoms with Crippen LogP contribution < -0.4 is 4.74 Å². The van der Waals surface area contributed by atoms with Gasteiger partial charge in [-0.3, -0.25) is 0 Å². The summed E-state index contributed by atoms with van der Waals surface area (Å²) in [6.07, 6.45) is 4.38. The van der Waals surface area contributed by atoms with Crippen molar-refractivity contribution in [2.45, 2.75) is 24.9 Å². The first-order chi connectivity index (χ1) is 9.07. The highest BCUT2D eigenvalue weighted by Gasteiger charge is 2.45. The number of aromatic nitrogens is 1. The molecule has 1 heterocycles. The molecule has 0 saturated heterocycles. The molecule has 0 radical (unpaired) electrons. The molecule has 0 aliphatic heterocycles. The van der Waals surface area contributed by atoms with E-state index < -0.39 is 0 Å². The molecular weight excluding hydrogens is 243 g/mol. The summed E-state index contributed by atoms with van der Waals surface area (Å²) in [5.74, 6) is 0.0347. The number of ether oxygens (including phenoxy) is 1. The van der Waals surface area contributed by atoms with Crippen LogP contribution in [0.1, 0.15) is 12.8 Å². The Labute approximate surface area is 112 Å². The lowest BCUT2D eigenvalue weighted by atomic mass is 10.2. The van der Waals surface area contributed by atoms with E-state index in [9.17, 15) is 4.39 Å². The molecule has 0 atom stereocenters. The average molecular weight is 262 g/mol. The Morgan fingerprint density at radius 3 is 2.63 bits per heavy atom. The number of rotatable bonds is 4. The number of fused-ring (bicyclic) bond motifs is 1. The molecule has 19 heavy (non-hydrogen) atoms. The average Bonchev–Trinajstić information content (AvgIpc) is 3.06. The van der Waals surface area contributed by atoms with Gasteiger partial charge in [-0.15, -0.1) is 0 Å². The van der Waals surface area contributed by atoms with Crippen LogP contribution in [0, 0.1) is 5.82 Å². The van der Waals surface area contributed by atoms with Crippen molar-refractivity contribution in [1.29, 1.82) is 0 Å². The Kier molecular flexibility index (Phi) is 2.78. The SMILES string of the molecule is COc1ccc2c(ccn2CC2(N(C)C)CC2)c1F. The van der Waals surface area contributed by atoms with Crippen molar-refractivity contribution in [2.24, 2.45) is 0 Å². The van der Waals surface area contributed by atoms with E-state index in [1.807, 2.05) is 18.3 Å². The summed E-state index contributed by atoms with van der Waals surface area (Å²) in [5, 5.41) is 0.633. The fraction of sp³-hybridized carbons (Fsp3) is 0.467. The van der Waals surface area contributed by atoms with Crippen LogP contribution >= 0.6 is 0 Å². The number of likely N-dealkylation sites (N-methyl/N-ethyl adjacent to an activating group) is 1. The minimum Gasteiger partial charge on any atom is -0.494 e. The molecule has 1 aliphatic rings. The Morgan fingerprint density at radius 1 is 1.32 bits per heavy atom. The highest BCUT2D eigenvalue weighted by Crippen LogP contribution is 2.42. The van der Waals surface area contributed by atoms with Gasteiger partial charge in [0.2, 0.25) is 0 Å². The molecule has 3 nitrogen and oxygen atoms in total. The van der Waals surface area contributed by atoms with Gasteiger partial charge >= 0.3 is 0 Å². The van der Waals surface area contributed by atoms with Crippen LogP contribution in [-0.4, -0.2) is 36.2 Å². The van der Waals surface area contributed by atoms with Crippen LogP contribution in [0.15, 0.2) is 24.4 Å². The molecular formula is C15H19FN2O. The number of halogens is 1. The maximum absolute atomic E-state index is 14.1. The van der Waals surface area contributed by atoms with Crippen LogP contribution in [0.4, 0.5) is 4.39 Å². The predicted molar refractivity (Wildman–Crippen MR) is 74.1 cm³/mol. The van der Waals surface area contributed by atoms with Crippen LogP contribution in [0.25, 0.3) is 10.9 Å². The molecule has 4 heteroatoms. The first kappa shape index (κ1) is 12.5. The van der Waals surface area contributed by atoms with Gasteiger partial charge in [-0.2, -0.15) is 0 Å². The zero-order valence-electron chi connectivity index (χ0n) is 11.6. The Morgan fingerprint density at radius 2 is 2.05 bits per heavy atom. The molecule has 2 aromatic rings. The Balaban J connectivity index is 2.00. The third-order valence-corrected chi connectivity index (χ3v) is 4.31. The largest absolute Gasteiger partial charge is 0.494 e. The Bertz CT molecular complexity index is 614. The molecule has 0 amide bonds. The predicted octanol–water partition coefficient (Wildman–Crippen LogP) is 2.88. The Hall–Kier alpha value is -1.55. The van der Waals surface area contributed by atoms with E-state index in [-0.39, 0.29) is 11.4 Å². The van der Waals surface area contributed by atoms with E-state index in [2.05, 4.69) is 23.6 Å². The fourth-order valence-corrected chi connectivity index (χ4v) is 2.72. The summed E-state index contributed by atoms with van der Waals surface area (Å²) in [7, 11) is 5.72. The number of hydrogen-bond acceptors (Lipinski definition) is 2. The molecule has 1 fully saturated rings. The summed E-state index contributed by atoms with van der Waals surface area (Å²) >= 11 is 0. The smallest absolute Gasteiger partial charge is 0.174 e. The minimum atomic E-state index is -0.270. The topological polar surface area (TPSA) is 17.4 Å². The monoisotopic (exact) mass is 262 g/mol. The number of nitrogens with zero attached hydrogens (tertiary/aromatic N) is 2. The van der Waals surface area contributed by atoms with E-state index in [1.165, 1.54) is 20.0 Å². The molecule has 0 bridgehead atoms. The van der Waals surface area contributed by atoms with Crippen LogP contribution in [0.2, 0.25) is 0 Å². The van der Waals surface area contributed by atoms with Crippen LogP contribution in [0.5, 0.6) is 5.75 Å². The standard InChI is InChI=1S/C15H19FN2O/c1-17(2)15(7-8-15)10-18-9-6-11-12(18)4-5-13(19-3)14(11)16/h4-6,9H,7-8,10H2,1-3H3. The molecule has 0 unspecified atom stereocenters. The molecule has 1 saturated carbocycles. The minimum absolute atomic E-state index is 0.252. The van der Waals surface area contributed by atoms with Crippen molar-refractivity contribution in [3.8, 4) is 5.75 Å². The van der Waals surface area contributed by atoms with Gasteiger partial charge in [0, 0.05) is 23.7 Å². The zero-order chi connectivity index (χ0) is 13.6. The second kappa shape index (κ2) is 4.23. The summed E-state index contributed by atoms with van der Waals surface area (Å²) in [4.78, 5) is 2.28. The van der Waals surface area contributed by atoms with Gasteiger partial charge in [0.15, 0.2) is 11.6 Å². The van der Waals surface area contributed by atoms with E-state index in [0.717, 1.165) is 12.1 Å². The molecule has 0 spiro atoms. The molecule has 102 valence electrons. The van der Waals surface area contributed by atoms with Crippen molar-refractivity contribution in [2.75, 3.05) is 21.2 Å². The van der Waals surface area contributed by atoms with Crippen molar-refractivity contribution in [1.82, 2.24) is 9.47 Å². The first-order valence-electron chi connectivity index (χ1n) is 6.56. The van der Waals surface area contributed by atoms with Gasteiger partial charge in [-0.25, -0.2) is 4.39 Å². The van der Waals surface area contributed by atoms with Crippen molar-refractivity contribution < 1.29 is 9.13 Å². The molecule has 3 rings (SSSR count). The highest BCUT2D eigenvalue weighted by atomic mass is 19.1. The first-order valence-corrected chi connectivity index (χ1v) is 6.56. The highest BCUT2D eigenvalue weighted by molar-refractivity contribution is 5.82. The van der Waals surface area contributed by atoms with Crippen molar-refractivity contribution in [3.63, 3.8) is 0 Å². The van der Waals surface area contributed by atoms with Crippen molar-refractivity contribution in [3.05, 3.63) is 30.2 Å². The fourth-order valence-electron chi connectivity index (χ4n) is 2.72. The molecule has 1 aliphatic carbocycles. The normalized spacial score (nSPS) is 17.1. The lowest BCUT2D eigenvalue weighted by Crippen LogP contribution is -2.34. The number of hydrogen-bond donors (Lipinski definition) is 0. The van der Waals surface area contributed by atoms with Gasteiger partial charge in [0.05, 0.1) is 12.6 Å². The number of methoxy groups -OCH3 is 1. The van der Waals surface area contributed by atoms with Gasteiger partial charge in [0.25, 0.3) is 0 Å². The second-order valence-corrected chi connectivity index (χ2v) is 5.58. The van der Waals surface area contributed by atoms with Crippen LogP contribution in [-0.2, 0) is 6.54 Å². The summed E-state index contributed by atoms with van der Waals surface area (Å²) < 4.78 is 21.3. The summed E-state index contributed by atoms with van der Waals surface area (Å²) in [6.45, 7) is 0.912. The lowest BCUT2D eigenvalue weighted by Gasteiger charge is -2.24. The summed E-state index contributed by atoms with van der Waals surface area (Å²) in [6, 6.07) is 5.46. The van der Waals surface area contributed by atoms with Crippen molar-refractivity contribution >= 4 is 10.9 Å². The maximum atomic E-state index is 14.1. The van der Waals surface area contributed by atoms with E-state index in [0.29, 0.717) is 11.1 Å². The van der Waals surface area contributed by atoms with E-state index in [4.69, 9.17) is 4.74 Å². The number of benzene rings is 1. The molecule has 1 aromatic carbocycles. The third kappa shape index (κ3) is 1.91. The van der Waals surface area contributed by atoms with E-state index >= 15 is 0 Å². The molecule has 1 aromatic heterocycles. The third-order valence-electron chi connectivity index (χ3n) is 4.31. The lowest BCUT2D eigenvalue weighted by molar-refractivity contribution is 0.244.